The molecule has 0 radical (unpaired) electrons. The Morgan fingerprint density at radius 2 is 2.22 bits per heavy atom. The summed E-state index contributed by atoms with van der Waals surface area (Å²) in [5.41, 5.74) is 6.78. The van der Waals surface area contributed by atoms with Crippen LogP contribution in [-0.4, -0.2) is 42.0 Å². The Balaban J connectivity index is 1.98. The summed E-state index contributed by atoms with van der Waals surface area (Å²) in [7, 11) is 0. The van der Waals surface area contributed by atoms with Crippen LogP contribution in [0.25, 0.3) is 10.2 Å². The number of aromatic nitrogens is 1. The van der Waals surface area contributed by atoms with Crippen molar-refractivity contribution in [2.45, 2.75) is 0 Å². The molecule has 0 spiro atoms. The molecule has 3 heterocycles. The fourth-order valence-corrected chi connectivity index (χ4v) is 3.10. The van der Waals surface area contributed by atoms with Crippen LogP contribution in [0.2, 0.25) is 0 Å². The number of hydrogen-bond acceptors (Lipinski definition) is 5. The highest BCUT2D eigenvalue weighted by Crippen LogP contribution is 2.32. The number of pyridine rings is 1. The van der Waals surface area contributed by atoms with Crippen LogP contribution in [0.3, 0.4) is 0 Å². The molecule has 1 fully saturated rings. The van der Waals surface area contributed by atoms with E-state index in [1.165, 1.54) is 11.3 Å². The van der Waals surface area contributed by atoms with E-state index in [0.29, 0.717) is 24.7 Å². The molecule has 0 unspecified atom stereocenters. The van der Waals surface area contributed by atoms with Crippen LogP contribution in [0, 0.1) is 5.41 Å². The van der Waals surface area contributed by atoms with E-state index in [1.54, 1.807) is 6.20 Å². The van der Waals surface area contributed by atoms with Gasteiger partial charge in [0.05, 0.1) is 23.8 Å². The molecule has 94 valence electrons. The molecule has 0 aliphatic carbocycles. The van der Waals surface area contributed by atoms with Gasteiger partial charge < -0.3 is 15.4 Å². The molecule has 0 saturated carbocycles. The number of anilines is 1. The van der Waals surface area contributed by atoms with Crippen molar-refractivity contribution in [3.8, 4) is 0 Å². The topological polar surface area (TPSA) is 75.2 Å². The van der Waals surface area contributed by atoms with Crippen molar-refractivity contribution in [1.29, 1.82) is 5.41 Å². The van der Waals surface area contributed by atoms with E-state index in [0.717, 1.165) is 28.2 Å². The van der Waals surface area contributed by atoms with Gasteiger partial charge in [0.2, 0.25) is 0 Å². The lowest BCUT2D eigenvalue weighted by molar-refractivity contribution is 0.0680. The van der Waals surface area contributed by atoms with E-state index >= 15 is 0 Å². The number of nitrogens with two attached hydrogens (primary N) is 1. The summed E-state index contributed by atoms with van der Waals surface area (Å²) < 4.78 is 5.30. The normalized spacial score (nSPS) is 16.1. The van der Waals surface area contributed by atoms with Gasteiger partial charge in [0.25, 0.3) is 0 Å². The summed E-state index contributed by atoms with van der Waals surface area (Å²) >= 11 is 1.48. The van der Waals surface area contributed by atoms with Gasteiger partial charge in [-0.15, -0.1) is 11.3 Å². The fourth-order valence-electron chi connectivity index (χ4n) is 2.06. The summed E-state index contributed by atoms with van der Waals surface area (Å²) in [6, 6.07) is 3.82. The number of morpholine rings is 1. The second-order valence-electron chi connectivity index (χ2n) is 4.15. The molecule has 2 aromatic heterocycles. The third-order valence-corrected chi connectivity index (χ3v) is 4.18. The molecule has 0 aromatic carbocycles. The molecule has 1 aliphatic heterocycles. The number of fused-ring (bicyclic) bond motifs is 1. The van der Waals surface area contributed by atoms with Gasteiger partial charge in [-0.1, -0.05) is 0 Å². The number of thiophene rings is 1. The van der Waals surface area contributed by atoms with Gasteiger partial charge in [-0.2, -0.15) is 0 Å². The molecule has 0 atom stereocenters. The molecule has 3 N–H and O–H groups in total. The summed E-state index contributed by atoms with van der Waals surface area (Å²) in [5.74, 6) is 0.485. The maximum Gasteiger partial charge on any atom is 0.140 e. The van der Waals surface area contributed by atoms with Gasteiger partial charge in [0, 0.05) is 24.7 Å². The van der Waals surface area contributed by atoms with Crippen LogP contribution in [-0.2, 0) is 4.74 Å². The number of hydrogen-bond donors (Lipinski definition) is 2. The predicted molar refractivity (Wildman–Crippen MR) is 73.3 cm³/mol. The molecule has 6 heteroatoms. The van der Waals surface area contributed by atoms with Crippen LogP contribution < -0.4 is 5.73 Å². The van der Waals surface area contributed by atoms with Crippen molar-refractivity contribution in [1.82, 2.24) is 9.88 Å². The summed E-state index contributed by atoms with van der Waals surface area (Å²) in [6.07, 6.45) is 1.75. The van der Waals surface area contributed by atoms with Crippen LogP contribution in [0.15, 0.2) is 18.3 Å². The molecule has 18 heavy (non-hydrogen) atoms. The quantitative estimate of drug-likeness (QED) is 0.604. The number of nitrogen functional groups attached to an aromatic ring is 1. The number of rotatable bonds is 1. The average molecular weight is 262 g/mol. The lowest BCUT2D eigenvalue weighted by atomic mass is 10.2. The monoisotopic (exact) mass is 262 g/mol. The maximum absolute atomic E-state index is 8.27. The van der Waals surface area contributed by atoms with Crippen molar-refractivity contribution in [2.75, 3.05) is 32.0 Å². The standard InChI is InChI=1S/C12H14N4OS/c13-9-8-2-1-3-15-12(8)18-10(9)11(14)16-4-6-17-7-5-16/h1-3,14H,4-7,13H2. The first-order valence-corrected chi connectivity index (χ1v) is 6.63. The predicted octanol–water partition coefficient (Wildman–Crippen LogP) is 1.54. The number of nitrogens with zero attached hydrogens (tertiary/aromatic N) is 2. The maximum atomic E-state index is 8.27. The molecular formula is C12H14N4OS. The Hall–Kier alpha value is -1.66. The summed E-state index contributed by atoms with van der Waals surface area (Å²) in [6.45, 7) is 2.84. The zero-order valence-electron chi connectivity index (χ0n) is 9.85. The molecule has 5 nitrogen and oxygen atoms in total. The average Bonchev–Trinajstić information content (AvgIpc) is 2.77. The van der Waals surface area contributed by atoms with Crippen LogP contribution >= 0.6 is 11.3 Å². The Kier molecular flexibility index (Phi) is 2.89. The number of ether oxygens (including phenoxy) is 1. The van der Waals surface area contributed by atoms with Crippen molar-refractivity contribution < 1.29 is 4.74 Å². The molecule has 1 saturated heterocycles. The Labute approximate surface area is 109 Å². The van der Waals surface area contributed by atoms with Crippen molar-refractivity contribution in [3.05, 3.63) is 23.2 Å². The summed E-state index contributed by atoms with van der Waals surface area (Å²) in [5, 5.41) is 9.21. The van der Waals surface area contributed by atoms with Crippen LogP contribution in [0.5, 0.6) is 0 Å². The first-order chi connectivity index (χ1) is 8.77. The zero-order chi connectivity index (χ0) is 12.5. The van der Waals surface area contributed by atoms with Crippen LogP contribution in [0.4, 0.5) is 5.69 Å². The van der Waals surface area contributed by atoms with Gasteiger partial charge >= 0.3 is 0 Å². The molecule has 2 aromatic rings. The van der Waals surface area contributed by atoms with E-state index < -0.39 is 0 Å². The van der Waals surface area contributed by atoms with Crippen molar-refractivity contribution in [3.63, 3.8) is 0 Å². The van der Waals surface area contributed by atoms with Gasteiger partial charge in [0.1, 0.15) is 10.7 Å². The van der Waals surface area contributed by atoms with E-state index in [4.69, 9.17) is 15.9 Å². The van der Waals surface area contributed by atoms with E-state index in [2.05, 4.69) is 4.98 Å². The molecule has 3 rings (SSSR count). The largest absolute Gasteiger partial charge is 0.397 e. The molecule has 0 amide bonds. The second-order valence-corrected chi connectivity index (χ2v) is 5.15. The molecular weight excluding hydrogens is 248 g/mol. The van der Waals surface area contributed by atoms with Gasteiger partial charge in [-0.3, -0.25) is 5.41 Å². The fraction of sp³-hybridized carbons (Fsp3) is 0.333. The minimum absolute atomic E-state index is 0.485. The van der Waals surface area contributed by atoms with Gasteiger partial charge in [0.15, 0.2) is 0 Å². The minimum atomic E-state index is 0.485. The summed E-state index contributed by atoms with van der Waals surface area (Å²) in [4.78, 5) is 8.00. The van der Waals surface area contributed by atoms with Crippen molar-refractivity contribution >= 4 is 33.1 Å². The second kappa shape index (κ2) is 4.55. The highest BCUT2D eigenvalue weighted by atomic mass is 32.1. The molecule has 0 bridgehead atoms. The highest BCUT2D eigenvalue weighted by molar-refractivity contribution is 7.21. The van der Waals surface area contributed by atoms with Gasteiger partial charge in [-0.25, -0.2) is 4.98 Å². The first kappa shape index (κ1) is 11.4. The minimum Gasteiger partial charge on any atom is -0.397 e. The van der Waals surface area contributed by atoms with Crippen LogP contribution in [0.1, 0.15) is 4.88 Å². The lowest BCUT2D eigenvalue weighted by Gasteiger charge is -2.28. The first-order valence-electron chi connectivity index (χ1n) is 5.82. The van der Waals surface area contributed by atoms with Crippen molar-refractivity contribution in [2.24, 2.45) is 0 Å². The zero-order valence-corrected chi connectivity index (χ0v) is 10.7. The number of nitrogens with one attached hydrogen (secondary N) is 1. The van der Waals surface area contributed by atoms with E-state index in [-0.39, 0.29) is 0 Å². The number of amidine groups is 1. The highest BCUT2D eigenvalue weighted by Gasteiger charge is 2.20. The van der Waals surface area contributed by atoms with E-state index in [1.807, 2.05) is 17.0 Å². The molecule has 1 aliphatic rings. The van der Waals surface area contributed by atoms with Gasteiger partial charge in [-0.05, 0) is 12.1 Å². The lowest BCUT2D eigenvalue weighted by Crippen LogP contribution is -2.40. The van der Waals surface area contributed by atoms with E-state index in [9.17, 15) is 0 Å². The third kappa shape index (κ3) is 1.83. The smallest absolute Gasteiger partial charge is 0.140 e. The Morgan fingerprint density at radius 1 is 1.44 bits per heavy atom. The third-order valence-electron chi connectivity index (χ3n) is 3.05. The Morgan fingerprint density at radius 3 is 2.94 bits per heavy atom. The SMILES string of the molecule is N=C(c1sc2ncccc2c1N)N1CCOCC1. The Bertz CT molecular complexity index is 589.